The second-order valence-corrected chi connectivity index (χ2v) is 10.2. The molecule has 0 radical (unpaired) electrons. The molecule has 4 aromatic rings. The first-order valence-corrected chi connectivity index (χ1v) is 13.4. The number of aliphatic hydroxyl groups excluding tert-OH is 1. The van der Waals surface area contributed by atoms with Gasteiger partial charge in [0, 0.05) is 56.1 Å². The Morgan fingerprint density at radius 3 is 2.51 bits per heavy atom. The van der Waals surface area contributed by atoms with E-state index in [4.69, 9.17) is 0 Å². The number of hydrogen-bond donors (Lipinski definition) is 1. The van der Waals surface area contributed by atoms with Crippen molar-refractivity contribution in [2.45, 2.75) is 64.5 Å². The fourth-order valence-corrected chi connectivity index (χ4v) is 5.08. The molecule has 1 aromatic carbocycles. The second-order valence-electron chi connectivity index (χ2n) is 10.2. The first kappa shape index (κ1) is 26.8. The van der Waals surface area contributed by atoms with Crippen LogP contribution in [0.2, 0.25) is 0 Å². The maximum Gasteiger partial charge on any atom is 0.225 e. The lowest BCUT2D eigenvalue weighted by Gasteiger charge is -2.32. The predicted octanol–water partition coefficient (Wildman–Crippen LogP) is 4.84. The number of hydrogen-bond acceptors (Lipinski definition) is 7. The fraction of sp³-hybridized carbons (Fsp3) is 0.414. The summed E-state index contributed by atoms with van der Waals surface area (Å²) >= 11 is 0. The van der Waals surface area contributed by atoms with Crippen LogP contribution in [0.1, 0.15) is 72.8 Å². The van der Waals surface area contributed by atoms with E-state index in [9.17, 15) is 14.3 Å². The van der Waals surface area contributed by atoms with Gasteiger partial charge in [0.05, 0.1) is 17.2 Å². The smallest absolute Gasteiger partial charge is 0.225 e. The summed E-state index contributed by atoms with van der Waals surface area (Å²) in [6.45, 7) is 5.15. The zero-order valence-corrected chi connectivity index (χ0v) is 22.1. The highest BCUT2D eigenvalue weighted by Crippen LogP contribution is 2.31. The Hall–Kier alpha value is -3.79. The summed E-state index contributed by atoms with van der Waals surface area (Å²) in [4.78, 5) is 32.1. The minimum atomic E-state index is -0.597. The first-order chi connectivity index (χ1) is 18.8. The van der Waals surface area contributed by atoms with Crippen LogP contribution in [0.25, 0.3) is 11.0 Å². The van der Waals surface area contributed by atoms with Crippen molar-refractivity contribution in [3.05, 3.63) is 77.1 Å². The van der Waals surface area contributed by atoms with E-state index >= 15 is 4.39 Å². The van der Waals surface area contributed by atoms with Gasteiger partial charge in [-0.1, -0.05) is 19.1 Å². The Morgan fingerprint density at radius 2 is 1.85 bits per heavy atom. The van der Waals surface area contributed by atoms with Crippen molar-refractivity contribution in [2.24, 2.45) is 0 Å². The van der Waals surface area contributed by atoms with Gasteiger partial charge in [-0.05, 0) is 49.8 Å². The second kappa shape index (κ2) is 11.5. The molecule has 0 saturated carbocycles. The molecule has 0 aliphatic carbocycles. The summed E-state index contributed by atoms with van der Waals surface area (Å²) in [6, 6.07) is 4.36. The van der Waals surface area contributed by atoms with Crippen LogP contribution in [-0.2, 0) is 12.8 Å². The molecule has 1 fully saturated rings. The average Bonchev–Trinajstić information content (AvgIpc) is 3.30. The summed E-state index contributed by atoms with van der Waals surface area (Å²) in [5.41, 5.74) is 2.54. The maximum atomic E-state index is 15.3. The van der Waals surface area contributed by atoms with Crippen LogP contribution in [0.4, 0.5) is 14.7 Å². The first-order valence-electron chi connectivity index (χ1n) is 13.4. The molecule has 0 amide bonds. The molecule has 3 aromatic heterocycles. The number of aryl methyl sites for hydroxylation is 1. The fourth-order valence-electron chi connectivity index (χ4n) is 5.08. The number of nitrogens with zero attached hydrogens (tertiary/aromatic N) is 6. The maximum absolute atomic E-state index is 15.3. The highest BCUT2D eigenvalue weighted by molar-refractivity contribution is 5.96. The summed E-state index contributed by atoms with van der Waals surface area (Å²) in [5, 5.41) is 9.69. The van der Waals surface area contributed by atoms with Crippen LogP contribution in [0.15, 0.2) is 43.1 Å². The number of ketones is 1. The third-order valence-corrected chi connectivity index (χ3v) is 7.40. The van der Waals surface area contributed by atoms with Gasteiger partial charge in [-0.25, -0.2) is 28.7 Å². The van der Waals surface area contributed by atoms with Crippen molar-refractivity contribution in [3.8, 4) is 0 Å². The minimum Gasteiger partial charge on any atom is -0.393 e. The number of rotatable bonds is 9. The molecule has 0 spiro atoms. The van der Waals surface area contributed by atoms with Crippen LogP contribution < -0.4 is 4.90 Å². The third kappa shape index (κ3) is 5.80. The Morgan fingerprint density at radius 1 is 1.10 bits per heavy atom. The number of piperidine rings is 1. The molecule has 1 aliphatic heterocycles. The van der Waals surface area contributed by atoms with Crippen LogP contribution >= 0.6 is 0 Å². The number of halogens is 2. The number of carbonyl (C=O) groups excluding carboxylic acids is 1. The SMILES string of the molecule is CCc1cnc(N2CCC(n3cc(F)c4c(Cc5ccc(C(=O)CC[C@H](C)O)cc5F)ncnc43)CC2)nc1. The van der Waals surface area contributed by atoms with Crippen LogP contribution in [0, 0.1) is 11.6 Å². The van der Waals surface area contributed by atoms with Crippen molar-refractivity contribution >= 4 is 22.8 Å². The van der Waals surface area contributed by atoms with Gasteiger partial charge in [-0.15, -0.1) is 0 Å². The zero-order chi connectivity index (χ0) is 27.5. The molecule has 1 atom stereocenters. The lowest BCUT2D eigenvalue weighted by atomic mass is 10.0. The summed E-state index contributed by atoms with van der Waals surface area (Å²) in [6.07, 6.45) is 8.93. The van der Waals surface area contributed by atoms with Crippen molar-refractivity contribution in [1.82, 2.24) is 24.5 Å². The molecule has 1 saturated heterocycles. The van der Waals surface area contributed by atoms with Crippen LogP contribution in [0.5, 0.6) is 0 Å². The van der Waals surface area contributed by atoms with Gasteiger partial charge < -0.3 is 14.6 Å². The number of Topliss-reactive ketones (excluding diaryl/α,β-unsaturated/α-hetero) is 1. The minimum absolute atomic E-state index is 0.0505. The molecule has 0 unspecified atom stereocenters. The molecular weight excluding hydrogens is 502 g/mol. The Bertz CT molecular complexity index is 1460. The van der Waals surface area contributed by atoms with Crippen LogP contribution in [0.3, 0.4) is 0 Å². The van der Waals surface area contributed by atoms with E-state index in [1.807, 2.05) is 17.0 Å². The molecule has 39 heavy (non-hydrogen) atoms. The number of aromatic nitrogens is 5. The van der Waals surface area contributed by atoms with E-state index in [0.717, 1.165) is 37.9 Å². The standard InChI is InChI=1S/C29H32F2N6O2/c1-3-19-14-32-29(33-15-19)36-10-8-22(9-11-36)37-16-24(31)27-25(34-17-35-28(27)37)13-20-5-6-21(12-23(20)30)26(39)7-4-18(2)38/h5-6,12,14-18,22,38H,3-4,7-11,13H2,1-2H3/t18-/m0/s1. The van der Waals surface area contributed by atoms with Crippen molar-refractivity contribution in [3.63, 3.8) is 0 Å². The average molecular weight is 535 g/mol. The third-order valence-electron chi connectivity index (χ3n) is 7.40. The van der Waals surface area contributed by atoms with E-state index in [1.165, 1.54) is 18.6 Å². The zero-order valence-electron chi connectivity index (χ0n) is 22.1. The summed E-state index contributed by atoms with van der Waals surface area (Å²) < 4.78 is 32.1. The highest BCUT2D eigenvalue weighted by Gasteiger charge is 2.26. The van der Waals surface area contributed by atoms with Crippen molar-refractivity contribution < 1.29 is 18.7 Å². The molecule has 8 nitrogen and oxygen atoms in total. The highest BCUT2D eigenvalue weighted by atomic mass is 19.1. The van der Waals surface area contributed by atoms with E-state index in [-0.39, 0.29) is 35.6 Å². The summed E-state index contributed by atoms with van der Waals surface area (Å²) in [5.74, 6) is -0.515. The molecule has 4 heterocycles. The normalized spacial score (nSPS) is 15.2. The Labute approximate surface area is 225 Å². The number of aliphatic hydroxyl groups is 1. The molecule has 0 bridgehead atoms. The van der Waals surface area contributed by atoms with E-state index in [1.54, 1.807) is 19.1 Å². The lowest BCUT2D eigenvalue weighted by molar-refractivity contribution is 0.0949. The quantitative estimate of drug-likeness (QED) is 0.307. The van der Waals surface area contributed by atoms with Crippen LogP contribution in [-0.4, -0.2) is 54.6 Å². The molecule has 5 rings (SSSR count). The van der Waals surface area contributed by atoms with Gasteiger partial charge in [0.25, 0.3) is 0 Å². The Balaban J connectivity index is 1.32. The molecule has 10 heteroatoms. The molecule has 204 valence electrons. The molecule has 1 aliphatic rings. The number of carbonyl (C=O) groups is 1. The predicted molar refractivity (Wildman–Crippen MR) is 144 cm³/mol. The topological polar surface area (TPSA) is 97.0 Å². The van der Waals surface area contributed by atoms with Gasteiger partial charge in [0.2, 0.25) is 5.95 Å². The molecule has 1 N–H and O–H groups in total. The monoisotopic (exact) mass is 534 g/mol. The van der Waals surface area contributed by atoms with E-state index < -0.39 is 17.7 Å². The Kier molecular flexibility index (Phi) is 7.92. The van der Waals surface area contributed by atoms with Crippen molar-refractivity contribution in [1.29, 1.82) is 0 Å². The van der Waals surface area contributed by atoms with Crippen molar-refractivity contribution in [2.75, 3.05) is 18.0 Å². The largest absolute Gasteiger partial charge is 0.393 e. The number of fused-ring (bicyclic) bond motifs is 1. The van der Waals surface area contributed by atoms with E-state index in [0.29, 0.717) is 29.3 Å². The summed E-state index contributed by atoms with van der Waals surface area (Å²) in [7, 11) is 0. The van der Waals surface area contributed by atoms with Gasteiger partial charge in [-0.2, -0.15) is 0 Å². The van der Waals surface area contributed by atoms with Gasteiger partial charge in [0.15, 0.2) is 11.6 Å². The van der Waals surface area contributed by atoms with Gasteiger partial charge in [0.1, 0.15) is 17.8 Å². The van der Waals surface area contributed by atoms with Gasteiger partial charge in [-0.3, -0.25) is 4.79 Å². The number of anilines is 1. The lowest BCUT2D eigenvalue weighted by Crippen LogP contribution is -2.35. The molecular formula is C29H32F2N6O2. The number of benzene rings is 1. The van der Waals surface area contributed by atoms with Gasteiger partial charge >= 0.3 is 0 Å². The van der Waals surface area contributed by atoms with E-state index in [2.05, 4.69) is 31.8 Å².